The molecule has 0 fully saturated rings. The maximum atomic E-state index is 12.5. The minimum Gasteiger partial charge on any atom is -0.478 e. The number of rotatable bonds is 5. The van der Waals surface area contributed by atoms with Crippen molar-refractivity contribution in [2.75, 3.05) is 30.3 Å². The number of nitrogens with zero attached hydrogens (tertiary/aromatic N) is 1. The molecule has 112 valence electrons. The van der Waals surface area contributed by atoms with Crippen molar-refractivity contribution >= 4 is 28.9 Å². The SMILES string of the molecule is Nc1cc(Cl)c(N(CCO)CC(F)(F)F)c(C(=O)O)c1. The third-order valence-electron chi connectivity index (χ3n) is 2.37. The summed E-state index contributed by atoms with van der Waals surface area (Å²) in [5.41, 5.74) is 4.68. The minimum atomic E-state index is -4.57. The van der Waals surface area contributed by atoms with E-state index in [-0.39, 0.29) is 16.4 Å². The van der Waals surface area contributed by atoms with Crippen molar-refractivity contribution in [3.63, 3.8) is 0 Å². The molecule has 0 amide bonds. The number of aromatic carboxylic acids is 1. The molecule has 0 atom stereocenters. The lowest BCUT2D eigenvalue weighted by atomic mass is 10.1. The molecule has 0 saturated heterocycles. The van der Waals surface area contributed by atoms with Gasteiger partial charge in [0, 0.05) is 12.2 Å². The largest absolute Gasteiger partial charge is 0.478 e. The highest BCUT2D eigenvalue weighted by Gasteiger charge is 2.33. The summed E-state index contributed by atoms with van der Waals surface area (Å²) in [7, 11) is 0. The van der Waals surface area contributed by atoms with Crippen LogP contribution in [0.4, 0.5) is 24.5 Å². The fourth-order valence-electron chi connectivity index (χ4n) is 1.71. The maximum absolute atomic E-state index is 12.5. The molecular formula is C11H12ClF3N2O3. The average Bonchev–Trinajstić information content (AvgIpc) is 2.25. The summed E-state index contributed by atoms with van der Waals surface area (Å²) < 4.78 is 37.6. The van der Waals surface area contributed by atoms with Crippen LogP contribution in [0.2, 0.25) is 5.02 Å². The predicted molar refractivity (Wildman–Crippen MR) is 68.2 cm³/mol. The van der Waals surface area contributed by atoms with Crippen molar-refractivity contribution < 1.29 is 28.2 Å². The van der Waals surface area contributed by atoms with E-state index in [0.717, 1.165) is 12.1 Å². The van der Waals surface area contributed by atoms with Gasteiger partial charge in [-0.3, -0.25) is 0 Å². The lowest BCUT2D eigenvalue weighted by Crippen LogP contribution is -2.37. The summed E-state index contributed by atoms with van der Waals surface area (Å²) in [5, 5.41) is 17.7. The van der Waals surface area contributed by atoms with E-state index in [9.17, 15) is 18.0 Å². The van der Waals surface area contributed by atoms with E-state index in [1.54, 1.807) is 0 Å². The standard InChI is InChI=1S/C11H12ClF3N2O3/c12-8-4-6(16)3-7(10(19)20)9(8)17(1-2-18)5-11(13,14)15/h3-4,18H,1-2,5,16H2,(H,19,20). The summed E-state index contributed by atoms with van der Waals surface area (Å²) in [6, 6.07) is 2.17. The lowest BCUT2D eigenvalue weighted by molar-refractivity contribution is -0.119. The summed E-state index contributed by atoms with van der Waals surface area (Å²) in [5.74, 6) is -1.46. The lowest BCUT2D eigenvalue weighted by Gasteiger charge is -2.27. The van der Waals surface area contributed by atoms with Gasteiger partial charge in [-0.25, -0.2) is 4.79 Å². The van der Waals surface area contributed by atoms with Gasteiger partial charge >= 0.3 is 12.1 Å². The molecule has 5 nitrogen and oxygen atoms in total. The Balaban J connectivity index is 3.35. The van der Waals surface area contributed by atoms with Crippen LogP contribution in [0.1, 0.15) is 10.4 Å². The van der Waals surface area contributed by atoms with Crippen LogP contribution in [0.5, 0.6) is 0 Å². The first-order valence-electron chi connectivity index (χ1n) is 5.40. The number of anilines is 2. The molecule has 4 N–H and O–H groups in total. The molecule has 1 rings (SSSR count). The monoisotopic (exact) mass is 312 g/mol. The zero-order valence-electron chi connectivity index (χ0n) is 10.1. The zero-order chi connectivity index (χ0) is 15.5. The zero-order valence-corrected chi connectivity index (χ0v) is 10.9. The van der Waals surface area contributed by atoms with Crippen LogP contribution in [-0.4, -0.2) is 42.1 Å². The second-order valence-corrected chi connectivity index (χ2v) is 4.37. The molecular weight excluding hydrogens is 301 g/mol. The molecule has 0 aliphatic heterocycles. The highest BCUT2D eigenvalue weighted by Crippen LogP contribution is 2.34. The van der Waals surface area contributed by atoms with Gasteiger partial charge < -0.3 is 20.8 Å². The second kappa shape index (κ2) is 6.19. The Morgan fingerprint density at radius 1 is 1.40 bits per heavy atom. The first-order valence-corrected chi connectivity index (χ1v) is 5.78. The number of carboxylic acid groups (broad SMARTS) is 1. The minimum absolute atomic E-state index is 0.0205. The van der Waals surface area contributed by atoms with Gasteiger partial charge in [-0.15, -0.1) is 0 Å². The quantitative estimate of drug-likeness (QED) is 0.724. The van der Waals surface area contributed by atoms with Crippen molar-refractivity contribution in [1.29, 1.82) is 0 Å². The van der Waals surface area contributed by atoms with E-state index < -0.39 is 37.4 Å². The topological polar surface area (TPSA) is 86.8 Å². The predicted octanol–water partition coefficient (Wildman–Crippen LogP) is 1.98. The van der Waals surface area contributed by atoms with Crippen LogP contribution in [-0.2, 0) is 0 Å². The Labute approximate surface area is 117 Å². The maximum Gasteiger partial charge on any atom is 0.405 e. The smallest absolute Gasteiger partial charge is 0.405 e. The fourth-order valence-corrected chi connectivity index (χ4v) is 2.06. The second-order valence-electron chi connectivity index (χ2n) is 3.96. The van der Waals surface area contributed by atoms with E-state index in [4.69, 9.17) is 27.5 Å². The fraction of sp³-hybridized carbons (Fsp3) is 0.364. The van der Waals surface area contributed by atoms with E-state index in [1.165, 1.54) is 0 Å². The van der Waals surface area contributed by atoms with Gasteiger partial charge in [-0.2, -0.15) is 13.2 Å². The van der Waals surface area contributed by atoms with Crippen LogP contribution in [0, 0.1) is 0 Å². The van der Waals surface area contributed by atoms with Crippen molar-refractivity contribution in [2.24, 2.45) is 0 Å². The summed E-state index contributed by atoms with van der Waals surface area (Å²) >= 11 is 5.80. The van der Waals surface area contributed by atoms with Crippen LogP contribution in [0.3, 0.4) is 0 Å². The van der Waals surface area contributed by atoms with E-state index in [2.05, 4.69) is 0 Å². The number of nitrogen functional groups attached to an aromatic ring is 1. The Hall–Kier alpha value is -1.67. The van der Waals surface area contributed by atoms with Crippen molar-refractivity contribution in [3.05, 3.63) is 22.7 Å². The molecule has 0 aromatic heterocycles. The molecule has 1 aromatic rings. The van der Waals surface area contributed by atoms with Crippen molar-refractivity contribution in [1.82, 2.24) is 0 Å². The van der Waals surface area contributed by atoms with Crippen LogP contribution in [0.15, 0.2) is 12.1 Å². The number of nitrogens with two attached hydrogens (primary N) is 1. The van der Waals surface area contributed by atoms with Gasteiger partial charge in [0.05, 0.1) is 22.9 Å². The van der Waals surface area contributed by atoms with Crippen LogP contribution >= 0.6 is 11.6 Å². The Morgan fingerprint density at radius 2 is 2.00 bits per heavy atom. The molecule has 20 heavy (non-hydrogen) atoms. The number of hydrogen-bond acceptors (Lipinski definition) is 4. The van der Waals surface area contributed by atoms with E-state index >= 15 is 0 Å². The molecule has 0 unspecified atom stereocenters. The summed E-state index contributed by atoms with van der Waals surface area (Å²) in [6.07, 6.45) is -4.57. The number of benzene rings is 1. The Morgan fingerprint density at radius 3 is 2.45 bits per heavy atom. The summed E-state index contributed by atoms with van der Waals surface area (Å²) in [4.78, 5) is 11.8. The third-order valence-corrected chi connectivity index (χ3v) is 2.66. The Kier molecular flexibility index (Phi) is 5.07. The third kappa shape index (κ3) is 4.17. The van der Waals surface area contributed by atoms with Gasteiger partial charge in [0.25, 0.3) is 0 Å². The van der Waals surface area contributed by atoms with E-state index in [1.807, 2.05) is 0 Å². The molecule has 0 heterocycles. The van der Waals surface area contributed by atoms with Gasteiger partial charge in [-0.1, -0.05) is 11.6 Å². The van der Waals surface area contributed by atoms with Gasteiger partial charge in [0.15, 0.2) is 0 Å². The molecule has 0 spiro atoms. The summed E-state index contributed by atoms with van der Waals surface area (Å²) in [6.45, 7) is -2.43. The molecule has 0 radical (unpaired) electrons. The normalized spacial score (nSPS) is 11.4. The van der Waals surface area contributed by atoms with Gasteiger partial charge in [-0.05, 0) is 12.1 Å². The number of hydrogen-bond donors (Lipinski definition) is 3. The molecule has 0 saturated carbocycles. The molecule has 0 bridgehead atoms. The first-order chi connectivity index (χ1) is 9.15. The van der Waals surface area contributed by atoms with Gasteiger partial charge in [0.1, 0.15) is 6.54 Å². The van der Waals surface area contributed by atoms with E-state index in [0.29, 0.717) is 4.90 Å². The number of aliphatic hydroxyl groups excluding tert-OH is 1. The highest BCUT2D eigenvalue weighted by atomic mass is 35.5. The van der Waals surface area contributed by atoms with Gasteiger partial charge in [0.2, 0.25) is 0 Å². The average molecular weight is 313 g/mol. The number of alkyl halides is 3. The number of halogens is 4. The van der Waals surface area contributed by atoms with Crippen molar-refractivity contribution in [3.8, 4) is 0 Å². The molecule has 0 aliphatic carbocycles. The van der Waals surface area contributed by atoms with Crippen LogP contribution < -0.4 is 10.6 Å². The number of aliphatic hydroxyl groups is 1. The Bertz CT molecular complexity index is 508. The molecule has 1 aromatic carbocycles. The van der Waals surface area contributed by atoms with Crippen molar-refractivity contribution in [2.45, 2.75) is 6.18 Å². The highest BCUT2D eigenvalue weighted by molar-refractivity contribution is 6.34. The first kappa shape index (κ1) is 16.4. The molecule has 0 aliphatic rings. The number of carboxylic acids is 1. The van der Waals surface area contributed by atoms with Crippen LogP contribution in [0.25, 0.3) is 0 Å². The molecule has 9 heteroatoms. The number of carbonyl (C=O) groups is 1.